The van der Waals surface area contributed by atoms with Crippen molar-refractivity contribution in [3.05, 3.63) is 29.8 Å². The second-order valence-corrected chi connectivity index (χ2v) is 2.60. The summed E-state index contributed by atoms with van der Waals surface area (Å²) in [4.78, 5) is 0. The van der Waals surface area contributed by atoms with E-state index in [9.17, 15) is 13.2 Å². The van der Waals surface area contributed by atoms with Gasteiger partial charge in [-0.2, -0.15) is 13.2 Å². The van der Waals surface area contributed by atoms with E-state index in [-0.39, 0.29) is 12.4 Å². The second kappa shape index (κ2) is 4.30. The molecule has 1 rings (SSSR count). The van der Waals surface area contributed by atoms with Gasteiger partial charge in [-0.1, -0.05) is 12.1 Å². The third kappa shape index (κ3) is 2.61. The van der Waals surface area contributed by atoms with Gasteiger partial charge in [-0.15, -0.1) is 0 Å². The quantitative estimate of drug-likeness (QED) is 0.398. The predicted octanol–water partition coefficient (Wildman–Crippen LogP) is 1.54. The van der Waals surface area contributed by atoms with Crippen LogP contribution in [0.2, 0.25) is 0 Å². The molecule has 14 heavy (non-hydrogen) atoms. The van der Waals surface area contributed by atoms with Crippen molar-refractivity contribution in [2.45, 2.75) is 6.18 Å². The van der Waals surface area contributed by atoms with E-state index in [0.717, 1.165) is 6.07 Å². The summed E-state index contributed by atoms with van der Waals surface area (Å²) in [6.45, 7) is 0.0765. The Labute approximate surface area is 79.1 Å². The summed E-state index contributed by atoms with van der Waals surface area (Å²) in [5.41, 5.74) is 1.53. The Morgan fingerprint density at radius 3 is 2.43 bits per heavy atom. The molecular weight excluding hydrogens is 195 g/mol. The maximum absolute atomic E-state index is 12.4. The molecule has 0 bridgehead atoms. The average Bonchev–Trinajstić information content (AvgIpc) is 2.14. The van der Waals surface area contributed by atoms with E-state index in [1.807, 2.05) is 0 Å². The van der Waals surface area contributed by atoms with E-state index in [1.165, 1.54) is 18.2 Å². The molecule has 0 heterocycles. The van der Waals surface area contributed by atoms with Gasteiger partial charge in [0.2, 0.25) is 0 Å². The zero-order chi connectivity index (χ0) is 10.6. The van der Waals surface area contributed by atoms with Gasteiger partial charge in [0.15, 0.2) is 0 Å². The Bertz CT molecular complexity index is 298. The molecule has 0 fully saturated rings. The van der Waals surface area contributed by atoms with E-state index in [0.29, 0.717) is 0 Å². The van der Waals surface area contributed by atoms with E-state index in [2.05, 4.69) is 10.7 Å². The standard InChI is InChI=1S/C8H10F3N3/c9-8(10,11)6-3-1-2-4-7(6)13-5-14-12/h1-4,13-14H,5,12H2. The first-order valence-electron chi connectivity index (χ1n) is 3.89. The van der Waals surface area contributed by atoms with Crippen molar-refractivity contribution in [2.75, 3.05) is 12.0 Å². The largest absolute Gasteiger partial charge is 0.418 e. The molecule has 78 valence electrons. The minimum absolute atomic E-state index is 0.0120. The highest BCUT2D eigenvalue weighted by Crippen LogP contribution is 2.34. The molecule has 1 aromatic carbocycles. The van der Waals surface area contributed by atoms with Crippen LogP contribution in [-0.4, -0.2) is 6.67 Å². The normalized spacial score (nSPS) is 11.4. The van der Waals surface area contributed by atoms with Crippen LogP contribution in [0.5, 0.6) is 0 Å². The lowest BCUT2D eigenvalue weighted by Crippen LogP contribution is -2.29. The molecule has 0 atom stereocenters. The monoisotopic (exact) mass is 205 g/mol. The van der Waals surface area contributed by atoms with Crippen molar-refractivity contribution in [3.8, 4) is 0 Å². The van der Waals surface area contributed by atoms with Crippen molar-refractivity contribution in [1.29, 1.82) is 0 Å². The summed E-state index contributed by atoms with van der Waals surface area (Å²) in [6.07, 6.45) is -4.35. The summed E-state index contributed by atoms with van der Waals surface area (Å²) >= 11 is 0. The van der Waals surface area contributed by atoms with Gasteiger partial charge in [0.25, 0.3) is 0 Å². The summed E-state index contributed by atoms with van der Waals surface area (Å²) in [6, 6.07) is 5.22. The van der Waals surface area contributed by atoms with E-state index in [1.54, 1.807) is 0 Å². The summed E-state index contributed by atoms with van der Waals surface area (Å²) < 4.78 is 37.2. The van der Waals surface area contributed by atoms with Crippen LogP contribution in [0.4, 0.5) is 18.9 Å². The van der Waals surface area contributed by atoms with Crippen LogP contribution in [0.3, 0.4) is 0 Å². The first-order chi connectivity index (χ1) is 6.55. The molecule has 0 aliphatic carbocycles. The number of nitrogens with one attached hydrogen (secondary N) is 2. The van der Waals surface area contributed by atoms with Gasteiger partial charge < -0.3 is 5.32 Å². The zero-order valence-electron chi connectivity index (χ0n) is 7.23. The van der Waals surface area contributed by atoms with Gasteiger partial charge in [0.05, 0.1) is 12.2 Å². The van der Waals surface area contributed by atoms with Crippen molar-refractivity contribution in [1.82, 2.24) is 5.43 Å². The highest BCUT2D eigenvalue weighted by molar-refractivity contribution is 5.52. The number of halogens is 3. The van der Waals surface area contributed by atoms with Gasteiger partial charge in [-0.05, 0) is 12.1 Å². The topological polar surface area (TPSA) is 50.1 Å². The number of anilines is 1. The Hall–Kier alpha value is -1.27. The fourth-order valence-corrected chi connectivity index (χ4v) is 1.03. The lowest BCUT2D eigenvalue weighted by atomic mass is 10.2. The summed E-state index contributed by atoms with van der Waals surface area (Å²) in [7, 11) is 0. The number of nitrogens with two attached hydrogens (primary N) is 1. The maximum Gasteiger partial charge on any atom is 0.418 e. The molecule has 0 aliphatic heterocycles. The molecule has 6 heteroatoms. The van der Waals surface area contributed by atoms with Crippen LogP contribution in [0.15, 0.2) is 24.3 Å². The number of hydrogen-bond donors (Lipinski definition) is 3. The lowest BCUT2D eigenvalue weighted by Gasteiger charge is -2.13. The molecular formula is C8H10F3N3. The average molecular weight is 205 g/mol. The molecule has 0 saturated heterocycles. The SMILES string of the molecule is NNCNc1ccccc1C(F)(F)F. The molecule has 0 saturated carbocycles. The van der Waals surface area contributed by atoms with Gasteiger partial charge in [-0.3, -0.25) is 5.84 Å². The number of benzene rings is 1. The van der Waals surface area contributed by atoms with E-state index < -0.39 is 11.7 Å². The van der Waals surface area contributed by atoms with Gasteiger partial charge in [0, 0.05) is 5.69 Å². The third-order valence-corrected chi connectivity index (χ3v) is 1.61. The molecule has 0 unspecified atom stereocenters. The number of hydrazine groups is 1. The zero-order valence-corrected chi connectivity index (χ0v) is 7.23. The number of hydrogen-bond acceptors (Lipinski definition) is 3. The summed E-state index contributed by atoms with van der Waals surface area (Å²) in [5.74, 6) is 4.94. The van der Waals surface area contributed by atoms with Crippen molar-refractivity contribution in [3.63, 3.8) is 0 Å². The second-order valence-electron chi connectivity index (χ2n) is 2.60. The van der Waals surface area contributed by atoms with Crippen LogP contribution >= 0.6 is 0 Å². The van der Waals surface area contributed by atoms with Crippen molar-refractivity contribution >= 4 is 5.69 Å². The van der Waals surface area contributed by atoms with Crippen molar-refractivity contribution < 1.29 is 13.2 Å². The number of alkyl halides is 3. The lowest BCUT2D eigenvalue weighted by molar-refractivity contribution is -0.136. The van der Waals surface area contributed by atoms with Crippen LogP contribution in [-0.2, 0) is 6.18 Å². The first-order valence-corrected chi connectivity index (χ1v) is 3.89. The highest BCUT2D eigenvalue weighted by atomic mass is 19.4. The Balaban J connectivity index is 2.92. The van der Waals surface area contributed by atoms with Gasteiger partial charge in [0.1, 0.15) is 0 Å². The van der Waals surface area contributed by atoms with Gasteiger partial charge in [-0.25, -0.2) is 5.43 Å². The molecule has 0 aliphatic rings. The van der Waals surface area contributed by atoms with E-state index in [4.69, 9.17) is 5.84 Å². The minimum atomic E-state index is -4.35. The van der Waals surface area contributed by atoms with Crippen LogP contribution in [0.25, 0.3) is 0 Å². The van der Waals surface area contributed by atoms with E-state index >= 15 is 0 Å². The first kappa shape index (κ1) is 10.8. The fourth-order valence-electron chi connectivity index (χ4n) is 1.03. The molecule has 1 aromatic rings. The molecule has 0 radical (unpaired) electrons. The molecule has 0 spiro atoms. The van der Waals surface area contributed by atoms with Crippen LogP contribution in [0, 0.1) is 0 Å². The highest BCUT2D eigenvalue weighted by Gasteiger charge is 2.32. The number of rotatable bonds is 3. The Kier molecular flexibility index (Phi) is 3.32. The molecule has 4 N–H and O–H groups in total. The number of para-hydroxylation sites is 1. The fraction of sp³-hybridized carbons (Fsp3) is 0.250. The molecule has 0 amide bonds. The third-order valence-electron chi connectivity index (χ3n) is 1.61. The summed E-state index contributed by atoms with van der Waals surface area (Å²) in [5, 5.41) is 2.51. The van der Waals surface area contributed by atoms with Crippen LogP contribution in [0.1, 0.15) is 5.56 Å². The Morgan fingerprint density at radius 1 is 1.21 bits per heavy atom. The molecule has 3 nitrogen and oxygen atoms in total. The minimum Gasteiger partial charge on any atom is -0.371 e. The van der Waals surface area contributed by atoms with Gasteiger partial charge >= 0.3 is 6.18 Å². The van der Waals surface area contributed by atoms with Crippen molar-refractivity contribution in [2.24, 2.45) is 5.84 Å². The molecule has 0 aromatic heterocycles. The smallest absolute Gasteiger partial charge is 0.371 e. The maximum atomic E-state index is 12.4. The van der Waals surface area contributed by atoms with Crippen LogP contribution < -0.4 is 16.6 Å². The predicted molar refractivity (Wildman–Crippen MR) is 47.3 cm³/mol. The Morgan fingerprint density at radius 2 is 1.86 bits per heavy atom.